The Hall–Kier alpha value is -0.870. The normalized spacial score (nSPS) is 18.3. The molecule has 1 aromatic rings. The molecule has 2 heterocycles. The quantitative estimate of drug-likeness (QED) is 0.869. The number of nitrogens with zero attached hydrogens (tertiary/aromatic N) is 2. The largest absolute Gasteiger partial charge is 0.360 e. The number of likely N-dealkylation sites (tertiary alicyclic amines) is 1. The smallest absolute Gasteiger partial charge is 0.151 e. The number of nitrogens with one attached hydrogen (secondary N) is 1. The Bertz CT molecular complexity index is 392. The van der Waals surface area contributed by atoms with Gasteiger partial charge in [-0.1, -0.05) is 32.9 Å². The molecule has 0 amide bonds. The first-order valence-electron chi connectivity index (χ1n) is 7.94. The first-order valence-corrected chi connectivity index (χ1v) is 7.94. The summed E-state index contributed by atoms with van der Waals surface area (Å²) in [5, 5.41) is 7.49. The second kappa shape index (κ2) is 7.23. The Morgan fingerprint density at radius 3 is 2.60 bits per heavy atom. The monoisotopic (exact) mass is 279 g/mol. The topological polar surface area (TPSA) is 41.3 Å². The van der Waals surface area contributed by atoms with Crippen molar-refractivity contribution < 1.29 is 4.52 Å². The average Bonchev–Trinajstić information content (AvgIpc) is 2.84. The van der Waals surface area contributed by atoms with Crippen molar-refractivity contribution in [3.05, 3.63) is 17.5 Å². The molecule has 1 fully saturated rings. The first kappa shape index (κ1) is 15.5. The van der Waals surface area contributed by atoms with E-state index in [9.17, 15) is 0 Å². The van der Waals surface area contributed by atoms with Crippen LogP contribution in [0.1, 0.15) is 52.0 Å². The lowest BCUT2D eigenvalue weighted by molar-refractivity contribution is 0.140. The van der Waals surface area contributed by atoms with E-state index in [-0.39, 0.29) is 0 Å². The molecule has 1 saturated heterocycles. The molecule has 0 radical (unpaired) electrons. The molecule has 0 spiro atoms. The second-order valence-corrected chi connectivity index (χ2v) is 6.68. The van der Waals surface area contributed by atoms with Gasteiger partial charge in [0.15, 0.2) is 5.76 Å². The maximum atomic E-state index is 5.44. The third kappa shape index (κ3) is 4.60. The van der Waals surface area contributed by atoms with Crippen molar-refractivity contribution >= 4 is 0 Å². The molecular formula is C16H29N3O. The summed E-state index contributed by atoms with van der Waals surface area (Å²) >= 11 is 0. The molecule has 4 heteroatoms. The Labute approximate surface area is 122 Å². The van der Waals surface area contributed by atoms with Crippen LogP contribution in [-0.2, 0) is 13.1 Å². The van der Waals surface area contributed by atoms with E-state index < -0.39 is 0 Å². The maximum absolute atomic E-state index is 5.44. The summed E-state index contributed by atoms with van der Waals surface area (Å²) in [6.45, 7) is 13.0. The summed E-state index contributed by atoms with van der Waals surface area (Å²) in [5.74, 6) is 2.71. The van der Waals surface area contributed by atoms with Gasteiger partial charge >= 0.3 is 0 Å². The van der Waals surface area contributed by atoms with Crippen molar-refractivity contribution in [2.45, 2.75) is 59.7 Å². The van der Waals surface area contributed by atoms with Crippen LogP contribution in [0.15, 0.2) is 10.6 Å². The number of piperidine rings is 1. The standard InChI is InChI=1S/C16H29N3O/c1-12(2)14-5-7-19(8-6-14)11-16-9-15(18-20-16)10-17-13(3)4/h9,12-14,17H,5-8,10-11H2,1-4H3. The van der Waals surface area contributed by atoms with Gasteiger partial charge in [-0.15, -0.1) is 0 Å². The third-order valence-electron chi connectivity index (χ3n) is 4.25. The number of rotatable bonds is 6. The Morgan fingerprint density at radius 2 is 2.00 bits per heavy atom. The van der Waals surface area contributed by atoms with Crippen LogP contribution in [0.3, 0.4) is 0 Å². The molecule has 0 aliphatic carbocycles. The SMILES string of the molecule is CC(C)NCc1cc(CN2CCC(C(C)C)CC2)on1. The summed E-state index contributed by atoms with van der Waals surface area (Å²) < 4.78 is 5.44. The number of aromatic nitrogens is 1. The van der Waals surface area contributed by atoms with Gasteiger partial charge in [0.1, 0.15) is 0 Å². The fraction of sp³-hybridized carbons (Fsp3) is 0.812. The van der Waals surface area contributed by atoms with Crippen molar-refractivity contribution in [2.75, 3.05) is 13.1 Å². The molecular weight excluding hydrogens is 250 g/mol. The Kier molecular flexibility index (Phi) is 5.61. The van der Waals surface area contributed by atoms with Crippen molar-refractivity contribution in [1.29, 1.82) is 0 Å². The molecule has 2 rings (SSSR count). The van der Waals surface area contributed by atoms with Crippen LogP contribution in [0.25, 0.3) is 0 Å². The van der Waals surface area contributed by atoms with Gasteiger partial charge < -0.3 is 9.84 Å². The maximum Gasteiger partial charge on any atom is 0.151 e. The fourth-order valence-corrected chi connectivity index (χ4v) is 2.82. The van der Waals surface area contributed by atoms with Crippen LogP contribution in [0.4, 0.5) is 0 Å². The highest BCUT2D eigenvalue weighted by atomic mass is 16.5. The molecule has 1 aliphatic heterocycles. The van der Waals surface area contributed by atoms with Crippen molar-refractivity contribution in [2.24, 2.45) is 11.8 Å². The molecule has 0 unspecified atom stereocenters. The van der Waals surface area contributed by atoms with E-state index in [0.717, 1.165) is 36.4 Å². The predicted molar refractivity (Wildman–Crippen MR) is 81.3 cm³/mol. The van der Waals surface area contributed by atoms with Gasteiger partial charge in [-0.3, -0.25) is 4.90 Å². The van der Waals surface area contributed by atoms with Crippen LogP contribution in [0, 0.1) is 11.8 Å². The number of hydrogen-bond acceptors (Lipinski definition) is 4. The highest BCUT2D eigenvalue weighted by Gasteiger charge is 2.22. The highest BCUT2D eigenvalue weighted by molar-refractivity contribution is 5.05. The predicted octanol–water partition coefficient (Wildman–Crippen LogP) is 3.04. The minimum Gasteiger partial charge on any atom is -0.360 e. The lowest BCUT2D eigenvalue weighted by Gasteiger charge is -2.33. The lowest BCUT2D eigenvalue weighted by atomic mass is 9.87. The van der Waals surface area contributed by atoms with Crippen LogP contribution in [-0.4, -0.2) is 29.2 Å². The van der Waals surface area contributed by atoms with E-state index in [1.54, 1.807) is 0 Å². The second-order valence-electron chi connectivity index (χ2n) is 6.68. The van der Waals surface area contributed by atoms with Crippen molar-refractivity contribution in [3.63, 3.8) is 0 Å². The molecule has 4 nitrogen and oxygen atoms in total. The zero-order chi connectivity index (χ0) is 14.5. The van der Waals surface area contributed by atoms with Crippen LogP contribution >= 0.6 is 0 Å². The van der Waals surface area contributed by atoms with Gasteiger partial charge in [0.2, 0.25) is 0 Å². The fourth-order valence-electron chi connectivity index (χ4n) is 2.82. The van der Waals surface area contributed by atoms with Crippen LogP contribution in [0.5, 0.6) is 0 Å². The van der Waals surface area contributed by atoms with Gasteiger partial charge in [0.25, 0.3) is 0 Å². The molecule has 0 aromatic carbocycles. The molecule has 1 aliphatic rings. The van der Waals surface area contributed by atoms with E-state index in [4.69, 9.17) is 4.52 Å². The summed E-state index contributed by atoms with van der Waals surface area (Å²) in [6, 6.07) is 2.56. The third-order valence-corrected chi connectivity index (χ3v) is 4.25. The van der Waals surface area contributed by atoms with Gasteiger partial charge in [0.05, 0.1) is 12.2 Å². The van der Waals surface area contributed by atoms with Gasteiger partial charge in [-0.25, -0.2) is 0 Å². The van der Waals surface area contributed by atoms with Crippen LogP contribution < -0.4 is 5.32 Å². The van der Waals surface area contributed by atoms with Gasteiger partial charge in [-0.2, -0.15) is 0 Å². The zero-order valence-corrected chi connectivity index (χ0v) is 13.4. The average molecular weight is 279 g/mol. The van der Waals surface area contributed by atoms with Crippen molar-refractivity contribution in [3.8, 4) is 0 Å². The van der Waals surface area contributed by atoms with Gasteiger partial charge in [-0.05, 0) is 37.8 Å². The summed E-state index contributed by atoms with van der Waals surface area (Å²) in [5.41, 5.74) is 1.01. The molecule has 0 bridgehead atoms. The summed E-state index contributed by atoms with van der Waals surface area (Å²) in [6.07, 6.45) is 2.63. The first-order chi connectivity index (χ1) is 9.54. The zero-order valence-electron chi connectivity index (χ0n) is 13.4. The molecule has 0 atom stereocenters. The van der Waals surface area contributed by atoms with Gasteiger partial charge in [0, 0.05) is 18.7 Å². The van der Waals surface area contributed by atoms with Crippen LogP contribution in [0.2, 0.25) is 0 Å². The summed E-state index contributed by atoms with van der Waals surface area (Å²) in [4.78, 5) is 2.49. The van der Waals surface area contributed by atoms with Crippen molar-refractivity contribution in [1.82, 2.24) is 15.4 Å². The van der Waals surface area contributed by atoms with E-state index >= 15 is 0 Å². The lowest BCUT2D eigenvalue weighted by Crippen LogP contribution is -2.34. The van der Waals surface area contributed by atoms with E-state index in [0.29, 0.717) is 6.04 Å². The summed E-state index contributed by atoms with van der Waals surface area (Å²) in [7, 11) is 0. The minimum atomic E-state index is 0.477. The number of hydrogen-bond donors (Lipinski definition) is 1. The highest BCUT2D eigenvalue weighted by Crippen LogP contribution is 2.25. The molecule has 114 valence electrons. The van der Waals surface area contributed by atoms with E-state index in [1.807, 2.05) is 0 Å². The Balaban J connectivity index is 1.77. The minimum absolute atomic E-state index is 0.477. The molecule has 1 aromatic heterocycles. The van der Waals surface area contributed by atoms with E-state index in [1.165, 1.54) is 25.9 Å². The Morgan fingerprint density at radius 1 is 1.30 bits per heavy atom. The molecule has 0 saturated carbocycles. The molecule has 20 heavy (non-hydrogen) atoms. The van der Waals surface area contributed by atoms with E-state index in [2.05, 4.69) is 49.1 Å². The molecule has 1 N–H and O–H groups in total.